The van der Waals surface area contributed by atoms with Gasteiger partial charge in [0.1, 0.15) is 0 Å². The molecule has 1 amide bonds. The van der Waals surface area contributed by atoms with E-state index in [1.54, 1.807) is 60.7 Å². The molecule has 0 bridgehead atoms. The third-order valence-corrected chi connectivity index (χ3v) is 4.12. The fourth-order valence-electron chi connectivity index (χ4n) is 2.81. The van der Waals surface area contributed by atoms with E-state index in [4.69, 9.17) is 5.73 Å². The summed E-state index contributed by atoms with van der Waals surface area (Å²) in [5.74, 6) is -1.90. The number of rotatable bonds is 4. The van der Waals surface area contributed by atoms with Crippen molar-refractivity contribution in [2.45, 2.75) is 12.7 Å². The number of amides is 1. The monoisotopic (exact) mass is 370 g/mol. The van der Waals surface area contributed by atoms with Gasteiger partial charge in [-0.1, -0.05) is 54.6 Å². The van der Waals surface area contributed by atoms with Crippen LogP contribution in [0.15, 0.2) is 78.9 Å². The Balaban J connectivity index is 2.02. The van der Waals surface area contributed by atoms with E-state index in [-0.39, 0.29) is 12.2 Å². The van der Waals surface area contributed by atoms with Crippen molar-refractivity contribution >= 4 is 17.3 Å². The number of anilines is 2. The second-order valence-electron chi connectivity index (χ2n) is 6.00. The summed E-state index contributed by atoms with van der Waals surface area (Å²) >= 11 is 0. The van der Waals surface area contributed by atoms with E-state index in [2.05, 4.69) is 0 Å². The first-order valence-corrected chi connectivity index (χ1v) is 8.24. The Labute approximate surface area is 154 Å². The Morgan fingerprint density at radius 3 is 2.07 bits per heavy atom. The quantitative estimate of drug-likeness (QED) is 0.655. The highest BCUT2D eigenvalue weighted by Crippen LogP contribution is 2.30. The van der Waals surface area contributed by atoms with Crippen molar-refractivity contribution < 1.29 is 18.0 Å². The predicted octanol–water partition coefficient (Wildman–Crippen LogP) is 5.03. The maximum atomic E-state index is 13.2. The molecule has 0 fully saturated rings. The van der Waals surface area contributed by atoms with Crippen LogP contribution in [0.1, 0.15) is 5.56 Å². The number of halogens is 3. The molecule has 0 saturated carbocycles. The van der Waals surface area contributed by atoms with Crippen LogP contribution in [-0.4, -0.2) is 12.1 Å². The Morgan fingerprint density at radius 2 is 1.44 bits per heavy atom. The van der Waals surface area contributed by atoms with Crippen molar-refractivity contribution in [1.29, 1.82) is 0 Å². The molecule has 3 aromatic rings. The van der Waals surface area contributed by atoms with E-state index >= 15 is 0 Å². The average Bonchev–Trinajstić information content (AvgIpc) is 2.66. The van der Waals surface area contributed by atoms with Gasteiger partial charge in [0.25, 0.3) is 0 Å². The fourth-order valence-corrected chi connectivity index (χ4v) is 2.81. The van der Waals surface area contributed by atoms with Crippen molar-refractivity contribution in [3.63, 3.8) is 0 Å². The van der Waals surface area contributed by atoms with Crippen molar-refractivity contribution in [2.75, 3.05) is 10.6 Å². The summed E-state index contributed by atoms with van der Waals surface area (Å²) in [5, 5.41) is 0. The highest BCUT2D eigenvalue weighted by Gasteiger charge is 2.43. The standard InChI is InChI=1S/C21H17F3N2O/c22-21(23,24)20(27)26(18-7-2-1-3-8-18)14-16-6-4-5-9-19(16)15-10-12-17(25)13-11-15/h1-13H,14,25H2. The average molecular weight is 370 g/mol. The maximum absolute atomic E-state index is 13.2. The second kappa shape index (κ2) is 7.53. The van der Waals surface area contributed by atoms with Gasteiger partial charge in [0.15, 0.2) is 0 Å². The lowest BCUT2D eigenvalue weighted by molar-refractivity contribution is -0.170. The molecule has 0 heterocycles. The molecule has 2 N–H and O–H groups in total. The van der Waals surface area contributed by atoms with Crippen molar-refractivity contribution in [3.05, 3.63) is 84.4 Å². The maximum Gasteiger partial charge on any atom is 0.471 e. The summed E-state index contributed by atoms with van der Waals surface area (Å²) in [5.41, 5.74) is 8.65. The largest absolute Gasteiger partial charge is 0.471 e. The van der Waals surface area contributed by atoms with Crippen LogP contribution in [0.25, 0.3) is 11.1 Å². The number of alkyl halides is 3. The summed E-state index contributed by atoms with van der Waals surface area (Å²) in [6, 6.07) is 21.9. The van der Waals surface area contributed by atoms with Crippen molar-refractivity contribution in [2.24, 2.45) is 0 Å². The molecule has 0 radical (unpaired) electrons. The number of hydrogen-bond acceptors (Lipinski definition) is 2. The first-order chi connectivity index (χ1) is 12.9. The van der Waals surface area contributed by atoms with Crippen LogP contribution < -0.4 is 10.6 Å². The van der Waals surface area contributed by atoms with Gasteiger partial charge < -0.3 is 10.6 Å². The third kappa shape index (κ3) is 4.28. The Kier molecular flexibility index (Phi) is 5.16. The minimum Gasteiger partial charge on any atom is -0.399 e. The van der Waals surface area contributed by atoms with Gasteiger partial charge in [-0.3, -0.25) is 4.79 Å². The van der Waals surface area contributed by atoms with E-state index in [1.807, 2.05) is 6.07 Å². The summed E-state index contributed by atoms with van der Waals surface area (Å²) in [4.78, 5) is 12.8. The summed E-state index contributed by atoms with van der Waals surface area (Å²) in [7, 11) is 0. The lowest BCUT2D eigenvalue weighted by Crippen LogP contribution is -2.40. The molecular formula is C21H17F3N2O. The van der Waals surface area contributed by atoms with Gasteiger partial charge in [0, 0.05) is 11.4 Å². The molecule has 0 aliphatic carbocycles. The predicted molar refractivity (Wildman–Crippen MR) is 100.0 cm³/mol. The van der Waals surface area contributed by atoms with Crippen LogP contribution in [0, 0.1) is 0 Å². The van der Waals surface area contributed by atoms with Gasteiger partial charge in [0.05, 0.1) is 6.54 Å². The van der Waals surface area contributed by atoms with Crippen molar-refractivity contribution in [1.82, 2.24) is 0 Å². The number of hydrogen-bond donors (Lipinski definition) is 1. The summed E-state index contributed by atoms with van der Waals surface area (Å²) in [6.07, 6.45) is -4.97. The molecule has 138 valence electrons. The number of carbonyl (C=O) groups is 1. The third-order valence-electron chi connectivity index (χ3n) is 4.12. The molecule has 0 unspecified atom stereocenters. The molecule has 3 rings (SSSR count). The number of nitrogens with two attached hydrogens (primary N) is 1. The number of nitrogen functional groups attached to an aromatic ring is 1. The smallest absolute Gasteiger partial charge is 0.399 e. The summed E-state index contributed by atoms with van der Waals surface area (Å²) in [6.45, 7) is -0.205. The molecule has 0 spiro atoms. The molecule has 3 nitrogen and oxygen atoms in total. The van der Waals surface area contributed by atoms with Crippen LogP contribution in [0.2, 0.25) is 0 Å². The van der Waals surface area contributed by atoms with Gasteiger partial charge in [-0.2, -0.15) is 13.2 Å². The van der Waals surface area contributed by atoms with E-state index in [0.717, 1.165) is 16.0 Å². The minimum atomic E-state index is -4.97. The van der Waals surface area contributed by atoms with Crippen LogP contribution in [0.5, 0.6) is 0 Å². The molecule has 0 aliphatic rings. The Morgan fingerprint density at radius 1 is 0.852 bits per heavy atom. The van der Waals surface area contributed by atoms with Crippen LogP contribution in [-0.2, 0) is 11.3 Å². The van der Waals surface area contributed by atoms with Gasteiger partial charge in [-0.25, -0.2) is 0 Å². The molecule has 0 aromatic heterocycles. The summed E-state index contributed by atoms with van der Waals surface area (Å²) < 4.78 is 39.5. The zero-order valence-corrected chi connectivity index (χ0v) is 14.3. The molecule has 27 heavy (non-hydrogen) atoms. The van der Waals surface area contributed by atoms with Gasteiger partial charge in [-0.15, -0.1) is 0 Å². The zero-order valence-electron chi connectivity index (χ0n) is 14.3. The van der Waals surface area contributed by atoms with Crippen LogP contribution in [0.3, 0.4) is 0 Å². The van der Waals surface area contributed by atoms with E-state index in [1.165, 1.54) is 12.1 Å². The minimum absolute atomic E-state index is 0.187. The molecular weight excluding hydrogens is 353 g/mol. The van der Waals surface area contributed by atoms with Crippen LogP contribution in [0.4, 0.5) is 24.5 Å². The first kappa shape index (κ1) is 18.5. The molecule has 0 atom stereocenters. The molecule has 6 heteroatoms. The van der Waals surface area contributed by atoms with Gasteiger partial charge in [0.2, 0.25) is 0 Å². The normalized spacial score (nSPS) is 11.2. The molecule has 0 aliphatic heterocycles. The van der Waals surface area contributed by atoms with E-state index in [9.17, 15) is 18.0 Å². The lowest BCUT2D eigenvalue weighted by Gasteiger charge is -2.25. The number of nitrogens with zero attached hydrogens (tertiary/aromatic N) is 1. The fraction of sp³-hybridized carbons (Fsp3) is 0.0952. The van der Waals surface area contributed by atoms with Gasteiger partial charge in [-0.05, 0) is 41.0 Å². The SMILES string of the molecule is Nc1ccc(-c2ccccc2CN(C(=O)C(F)(F)F)c2ccccc2)cc1. The van der Waals surface area contributed by atoms with E-state index < -0.39 is 12.1 Å². The number of carbonyl (C=O) groups excluding carboxylic acids is 1. The van der Waals surface area contributed by atoms with E-state index in [0.29, 0.717) is 11.3 Å². The second-order valence-corrected chi connectivity index (χ2v) is 6.00. The Bertz CT molecular complexity index is 922. The van der Waals surface area contributed by atoms with Crippen LogP contribution >= 0.6 is 0 Å². The lowest BCUT2D eigenvalue weighted by atomic mass is 9.99. The van der Waals surface area contributed by atoms with Gasteiger partial charge >= 0.3 is 12.1 Å². The first-order valence-electron chi connectivity index (χ1n) is 8.24. The van der Waals surface area contributed by atoms with Crippen molar-refractivity contribution in [3.8, 4) is 11.1 Å². The highest BCUT2D eigenvalue weighted by atomic mass is 19.4. The molecule has 3 aromatic carbocycles. The molecule has 0 saturated heterocycles. The zero-order chi connectivity index (χ0) is 19.4. The number of benzene rings is 3. The Hall–Kier alpha value is -3.28. The topological polar surface area (TPSA) is 46.3 Å². The highest BCUT2D eigenvalue weighted by molar-refractivity contribution is 5.97. The number of para-hydroxylation sites is 1.